The Hall–Kier alpha value is -2.87. The number of aliphatic carboxylic acids is 1. The van der Waals surface area contributed by atoms with Gasteiger partial charge in [-0.05, 0) is 49.6 Å². The Morgan fingerprint density at radius 2 is 1.74 bits per heavy atom. The van der Waals surface area contributed by atoms with Gasteiger partial charge in [-0.3, -0.25) is 14.3 Å². The molecule has 0 fully saturated rings. The van der Waals surface area contributed by atoms with Gasteiger partial charge in [0.05, 0.1) is 10.6 Å². The molecule has 144 valence electrons. The average molecular weight is 390 g/mol. The molecule has 0 unspecified atom stereocenters. The van der Waals surface area contributed by atoms with Crippen molar-refractivity contribution in [1.82, 2.24) is 5.32 Å². The Morgan fingerprint density at radius 1 is 1.04 bits per heavy atom. The topological polar surface area (TPSA) is 113 Å². The van der Waals surface area contributed by atoms with Gasteiger partial charge in [0.15, 0.2) is 0 Å². The van der Waals surface area contributed by atoms with Crippen molar-refractivity contribution in [2.75, 3.05) is 11.3 Å². The second kappa shape index (κ2) is 8.68. The summed E-state index contributed by atoms with van der Waals surface area (Å²) >= 11 is 0. The summed E-state index contributed by atoms with van der Waals surface area (Å²) in [7, 11) is -3.85. The average Bonchev–Trinajstić information content (AvgIpc) is 2.60. The summed E-state index contributed by atoms with van der Waals surface area (Å²) in [5, 5.41) is 11.2. The van der Waals surface area contributed by atoms with Gasteiger partial charge in [-0.1, -0.05) is 24.3 Å². The van der Waals surface area contributed by atoms with Crippen LogP contribution >= 0.6 is 0 Å². The standard InChI is InChI=1S/C19H22N2O5S/c1-13-9-10-15(12-16(13)19(24)20-11-5-8-18(22)23)27(25,26)21-17-7-4-3-6-14(17)2/h3-4,6-7,9-10,12,21H,5,8,11H2,1-2H3,(H,20,24)(H,22,23). The Kier molecular flexibility index (Phi) is 6.57. The first-order valence-corrected chi connectivity index (χ1v) is 9.88. The predicted octanol–water partition coefficient (Wildman–Crippen LogP) is 2.70. The minimum absolute atomic E-state index is 0.0213. The van der Waals surface area contributed by atoms with Crippen molar-refractivity contribution in [2.24, 2.45) is 0 Å². The van der Waals surface area contributed by atoms with E-state index in [1.807, 2.05) is 6.07 Å². The number of amides is 1. The second-order valence-electron chi connectivity index (χ2n) is 6.15. The van der Waals surface area contributed by atoms with Crippen molar-refractivity contribution in [2.45, 2.75) is 31.6 Å². The van der Waals surface area contributed by atoms with Gasteiger partial charge < -0.3 is 10.4 Å². The fraction of sp³-hybridized carbons (Fsp3) is 0.263. The lowest BCUT2D eigenvalue weighted by molar-refractivity contribution is -0.137. The molecule has 0 heterocycles. The van der Waals surface area contributed by atoms with E-state index < -0.39 is 21.9 Å². The third-order valence-corrected chi connectivity index (χ3v) is 5.37. The Balaban J connectivity index is 2.19. The number of carbonyl (C=O) groups excluding carboxylic acids is 1. The highest BCUT2D eigenvalue weighted by Gasteiger charge is 2.18. The van der Waals surface area contributed by atoms with Crippen molar-refractivity contribution >= 4 is 27.6 Å². The number of para-hydroxylation sites is 1. The smallest absolute Gasteiger partial charge is 0.303 e. The molecule has 1 amide bonds. The zero-order chi connectivity index (χ0) is 20.0. The molecule has 0 aliphatic carbocycles. The first-order valence-electron chi connectivity index (χ1n) is 8.40. The molecule has 27 heavy (non-hydrogen) atoms. The number of carboxylic acids is 1. The molecule has 0 saturated carbocycles. The highest BCUT2D eigenvalue weighted by Crippen LogP contribution is 2.21. The molecule has 0 spiro atoms. The van der Waals surface area contributed by atoms with Crippen LogP contribution in [0.3, 0.4) is 0 Å². The lowest BCUT2D eigenvalue weighted by atomic mass is 10.1. The number of benzene rings is 2. The SMILES string of the molecule is Cc1ccccc1NS(=O)(=O)c1ccc(C)c(C(=O)NCCCC(=O)O)c1. The molecule has 0 aliphatic heterocycles. The number of carboxylic acid groups (broad SMARTS) is 1. The molecule has 2 aromatic carbocycles. The van der Waals surface area contributed by atoms with E-state index in [1.165, 1.54) is 12.1 Å². The highest BCUT2D eigenvalue weighted by atomic mass is 32.2. The number of hydrogen-bond donors (Lipinski definition) is 3. The zero-order valence-electron chi connectivity index (χ0n) is 15.2. The molecular formula is C19H22N2O5S. The minimum atomic E-state index is -3.85. The van der Waals surface area contributed by atoms with E-state index in [0.717, 1.165) is 5.56 Å². The Bertz CT molecular complexity index is 954. The van der Waals surface area contributed by atoms with E-state index in [2.05, 4.69) is 10.0 Å². The molecule has 0 aliphatic rings. The molecule has 8 heteroatoms. The molecule has 0 atom stereocenters. The number of sulfonamides is 1. The third-order valence-electron chi connectivity index (χ3n) is 4.01. The summed E-state index contributed by atoms with van der Waals surface area (Å²) < 4.78 is 27.9. The summed E-state index contributed by atoms with van der Waals surface area (Å²) in [4.78, 5) is 22.8. The maximum absolute atomic E-state index is 12.7. The van der Waals surface area contributed by atoms with Crippen LogP contribution in [0.4, 0.5) is 5.69 Å². The minimum Gasteiger partial charge on any atom is -0.481 e. The Morgan fingerprint density at radius 3 is 2.41 bits per heavy atom. The van der Waals surface area contributed by atoms with Crippen LogP contribution in [0.2, 0.25) is 0 Å². The molecule has 0 bridgehead atoms. The van der Waals surface area contributed by atoms with E-state index in [-0.39, 0.29) is 23.4 Å². The van der Waals surface area contributed by atoms with Gasteiger partial charge in [0.1, 0.15) is 0 Å². The molecule has 2 aromatic rings. The quantitative estimate of drug-likeness (QED) is 0.600. The van der Waals surface area contributed by atoms with Gasteiger partial charge in [0.2, 0.25) is 0 Å². The molecule has 0 radical (unpaired) electrons. The van der Waals surface area contributed by atoms with Crippen molar-refractivity contribution in [3.8, 4) is 0 Å². The van der Waals surface area contributed by atoms with Crippen LogP contribution < -0.4 is 10.0 Å². The fourth-order valence-corrected chi connectivity index (χ4v) is 3.60. The molecule has 2 rings (SSSR count). The normalized spacial score (nSPS) is 11.0. The molecule has 0 aromatic heterocycles. The summed E-state index contributed by atoms with van der Waals surface area (Å²) in [6, 6.07) is 11.3. The van der Waals surface area contributed by atoms with Crippen LogP contribution in [0.15, 0.2) is 47.4 Å². The molecule has 0 saturated heterocycles. The van der Waals surface area contributed by atoms with Crippen LogP contribution in [0, 0.1) is 13.8 Å². The summed E-state index contributed by atoms with van der Waals surface area (Å²) in [6.45, 7) is 3.70. The van der Waals surface area contributed by atoms with Crippen molar-refractivity contribution < 1.29 is 23.1 Å². The summed E-state index contributed by atoms with van der Waals surface area (Å²) in [5.41, 5.74) is 2.11. The third kappa shape index (κ3) is 5.55. The number of hydrogen-bond acceptors (Lipinski definition) is 4. The van der Waals surface area contributed by atoms with E-state index in [0.29, 0.717) is 17.7 Å². The van der Waals surface area contributed by atoms with Crippen molar-refractivity contribution in [3.63, 3.8) is 0 Å². The number of anilines is 1. The van der Waals surface area contributed by atoms with E-state index in [9.17, 15) is 18.0 Å². The van der Waals surface area contributed by atoms with E-state index >= 15 is 0 Å². The number of carbonyl (C=O) groups is 2. The maximum atomic E-state index is 12.7. The second-order valence-corrected chi connectivity index (χ2v) is 7.83. The van der Waals surface area contributed by atoms with Gasteiger partial charge in [0, 0.05) is 18.5 Å². The largest absolute Gasteiger partial charge is 0.481 e. The van der Waals surface area contributed by atoms with Crippen LogP contribution in [-0.2, 0) is 14.8 Å². The van der Waals surface area contributed by atoms with Crippen molar-refractivity contribution in [1.29, 1.82) is 0 Å². The number of aryl methyl sites for hydroxylation is 2. The van der Waals surface area contributed by atoms with E-state index in [1.54, 1.807) is 38.1 Å². The van der Waals surface area contributed by atoms with Crippen LogP contribution in [0.1, 0.15) is 34.3 Å². The summed E-state index contributed by atoms with van der Waals surface area (Å²) in [5.74, 6) is -1.37. The predicted molar refractivity (Wildman–Crippen MR) is 102 cm³/mol. The van der Waals surface area contributed by atoms with Gasteiger partial charge in [-0.2, -0.15) is 0 Å². The van der Waals surface area contributed by atoms with Gasteiger partial charge in [-0.15, -0.1) is 0 Å². The number of nitrogens with one attached hydrogen (secondary N) is 2. The highest BCUT2D eigenvalue weighted by molar-refractivity contribution is 7.92. The lowest BCUT2D eigenvalue weighted by Gasteiger charge is -2.13. The Labute approximate surface area is 158 Å². The van der Waals surface area contributed by atoms with Crippen molar-refractivity contribution in [3.05, 3.63) is 59.2 Å². The molecule has 3 N–H and O–H groups in total. The number of rotatable bonds is 8. The fourth-order valence-electron chi connectivity index (χ4n) is 2.44. The van der Waals surface area contributed by atoms with E-state index in [4.69, 9.17) is 5.11 Å². The zero-order valence-corrected chi connectivity index (χ0v) is 16.0. The maximum Gasteiger partial charge on any atom is 0.303 e. The van der Waals surface area contributed by atoms with Gasteiger partial charge in [-0.25, -0.2) is 8.42 Å². The summed E-state index contributed by atoms with van der Waals surface area (Å²) in [6.07, 6.45) is 0.251. The first kappa shape index (κ1) is 20.4. The molecular weight excluding hydrogens is 368 g/mol. The molecule has 7 nitrogen and oxygen atoms in total. The monoisotopic (exact) mass is 390 g/mol. The van der Waals surface area contributed by atoms with Crippen LogP contribution in [0.25, 0.3) is 0 Å². The lowest BCUT2D eigenvalue weighted by Crippen LogP contribution is -2.26. The van der Waals surface area contributed by atoms with Gasteiger partial charge in [0.25, 0.3) is 15.9 Å². The first-order chi connectivity index (χ1) is 12.7. The van der Waals surface area contributed by atoms with Crippen LogP contribution in [-0.4, -0.2) is 31.9 Å². The van der Waals surface area contributed by atoms with Gasteiger partial charge >= 0.3 is 5.97 Å². The van der Waals surface area contributed by atoms with Crippen LogP contribution in [0.5, 0.6) is 0 Å².